The SMILES string of the molecule is CCOC(=O)Cn1nnnc1C(NCC1CCCC(CN)C1)c1ccc(-c2ccccc2)cc1. The molecule has 1 heterocycles. The van der Waals surface area contributed by atoms with E-state index in [0.29, 0.717) is 24.3 Å². The number of nitrogens with zero attached hydrogens (tertiary/aromatic N) is 4. The number of rotatable bonds is 10. The standard InChI is InChI=1S/C26H34N6O2/c1-2-34-24(33)18-32-26(29-30-31-32)25(28-17-20-8-6-7-19(15-20)16-27)23-13-11-22(12-14-23)21-9-4-3-5-10-21/h3-5,9-14,19-20,25,28H,2,6-8,15-18,27H2,1H3. The van der Waals surface area contributed by atoms with E-state index in [2.05, 4.69) is 57.2 Å². The zero-order valence-corrected chi connectivity index (χ0v) is 19.8. The van der Waals surface area contributed by atoms with Crippen LogP contribution in [0.5, 0.6) is 0 Å². The van der Waals surface area contributed by atoms with Gasteiger partial charge in [-0.2, -0.15) is 0 Å². The van der Waals surface area contributed by atoms with E-state index < -0.39 is 0 Å². The molecular formula is C26H34N6O2. The summed E-state index contributed by atoms with van der Waals surface area (Å²) >= 11 is 0. The maximum Gasteiger partial charge on any atom is 0.327 e. The highest BCUT2D eigenvalue weighted by Crippen LogP contribution is 2.30. The van der Waals surface area contributed by atoms with E-state index in [9.17, 15) is 4.79 Å². The van der Waals surface area contributed by atoms with Gasteiger partial charge in [-0.1, -0.05) is 61.0 Å². The quantitative estimate of drug-likeness (QED) is 0.445. The van der Waals surface area contributed by atoms with Crippen molar-refractivity contribution in [2.24, 2.45) is 17.6 Å². The molecule has 0 bridgehead atoms. The molecule has 34 heavy (non-hydrogen) atoms. The van der Waals surface area contributed by atoms with E-state index >= 15 is 0 Å². The highest BCUT2D eigenvalue weighted by atomic mass is 16.5. The van der Waals surface area contributed by atoms with Crippen LogP contribution in [0.2, 0.25) is 0 Å². The van der Waals surface area contributed by atoms with Crippen LogP contribution in [0.3, 0.4) is 0 Å². The molecule has 1 saturated carbocycles. The molecule has 1 aliphatic carbocycles. The molecule has 1 aliphatic rings. The van der Waals surface area contributed by atoms with Gasteiger partial charge in [-0.05, 0) is 78.2 Å². The van der Waals surface area contributed by atoms with Crippen LogP contribution in [0.25, 0.3) is 11.1 Å². The van der Waals surface area contributed by atoms with Gasteiger partial charge in [-0.15, -0.1) is 5.10 Å². The summed E-state index contributed by atoms with van der Waals surface area (Å²) in [6, 6.07) is 18.5. The van der Waals surface area contributed by atoms with E-state index in [1.54, 1.807) is 6.92 Å². The molecule has 1 fully saturated rings. The number of carbonyl (C=O) groups is 1. The minimum absolute atomic E-state index is 0.0187. The minimum Gasteiger partial charge on any atom is -0.465 e. The molecule has 3 aromatic rings. The molecule has 1 aromatic heterocycles. The molecule has 3 atom stereocenters. The number of aromatic nitrogens is 4. The van der Waals surface area contributed by atoms with Gasteiger partial charge < -0.3 is 15.8 Å². The van der Waals surface area contributed by atoms with Crippen molar-refractivity contribution in [2.75, 3.05) is 19.7 Å². The van der Waals surface area contributed by atoms with Crippen molar-refractivity contribution in [3.8, 4) is 11.1 Å². The first kappa shape index (κ1) is 24.0. The Kier molecular flexibility index (Phi) is 8.38. The molecular weight excluding hydrogens is 428 g/mol. The number of hydrogen-bond acceptors (Lipinski definition) is 7. The fraction of sp³-hybridized carbons (Fsp3) is 0.462. The molecule has 8 nitrogen and oxygen atoms in total. The van der Waals surface area contributed by atoms with Crippen LogP contribution in [0.1, 0.15) is 50.0 Å². The minimum atomic E-state index is -0.354. The predicted octanol–water partition coefficient (Wildman–Crippen LogP) is 3.35. The van der Waals surface area contributed by atoms with Crippen LogP contribution in [-0.4, -0.2) is 45.9 Å². The van der Waals surface area contributed by atoms with Gasteiger partial charge in [-0.3, -0.25) is 4.79 Å². The molecule has 2 aromatic carbocycles. The lowest BCUT2D eigenvalue weighted by Crippen LogP contribution is -2.34. The van der Waals surface area contributed by atoms with Crippen molar-refractivity contribution < 1.29 is 9.53 Å². The van der Waals surface area contributed by atoms with Gasteiger partial charge in [0.2, 0.25) is 0 Å². The smallest absolute Gasteiger partial charge is 0.327 e. The van der Waals surface area contributed by atoms with Crippen molar-refractivity contribution in [1.29, 1.82) is 0 Å². The lowest BCUT2D eigenvalue weighted by atomic mass is 9.81. The number of ether oxygens (including phenoxy) is 1. The Morgan fingerprint density at radius 3 is 2.59 bits per heavy atom. The summed E-state index contributed by atoms with van der Waals surface area (Å²) in [6.45, 7) is 3.68. The monoisotopic (exact) mass is 462 g/mol. The molecule has 0 radical (unpaired) electrons. The summed E-state index contributed by atoms with van der Waals surface area (Å²) in [5, 5.41) is 15.9. The number of nitrogens with one attached hydrogen (secondary N) is 1. The topological polar surface area (TPSA) is 108 Å². The predicted molar refractivity (Wildman–Crippen MR) is 131 cm³/mol. The van der Waals surface area contributed by atoms with Gasteiger partial charge in [0, 0.05) is 0 Å². The molecule has 0 spiro atoms. The first-order valence-electron chi connectivity index (χ1n) is 12.2. The van der Waals surface area contributed by atoms with E-state index in [4.69, 9.17) is 10.5 Å². The van der Waals surface area contributed by atoms with Gasteiger partial charge in [-0.25, -0.2) is 4.68 Å². The summed E-state index contributed by atoms with van der Waals surface area (Å²) in [5.74, 6) is 1.40. The second-order valence-electron chi connectivity index (χ2n) is 8.96. The number of esters is 1. The average Bonchev–Trinajstić information content (AvgIpc) is 3.33. The van der Waals surface area contributed by atoms with Crippen LogP contribution in [0.15, 0.2) is 54.6 Å². The Bertz CT molecular complexity index is 1040. The van der Waals surface area contributed by atoms with Crippen molar-refractivity contribution in [3.63, 3.8) is 0 Å². The van der Waals surface area contributed by atoms with Crippen LogP contribution >= 0.6 is 0 Å². The van der Waals surface area contributed by atoms with Crippen molar-refractivity contribution >= 4 is 5.97 Å². The second kappa shape index (κ2) is 11.9. The maximum atomic E-state index is 12.1. The summed E-state index contributed by atoms with van der Waals surface area (Å²) in [7, 11) is 0. The highest BCUT2D eigenvalue weighted by Gasteiger charge is 2.26. The van der Waals surface area contributed by atoms with Gasteiger partial charge >= 0.3 is 5.97 Å². The first-order chi connectivity index (χ1) is 16.7. The molecule has 180 valence electrons. The van der Waals surface area contributed by atoms with Crippen LogP contribution in [-0.2, 0) is 16.1 Å². The number of nitrogens with two attached hydrogens (primary N) is 1. The third kappa shape index (κ3) is 6.07. The molecule has 4 rings (SSSR count). The van der Waals surface area contributed by atoms with Crippen LogP contribution in [0.4, 0.5) is 0 Å². The zero-order chi connectivity index (χ0) is 23.8. The molecule has 3 unspecified atom stereocenters. The Balaban J connectivity index is 1.57. The van der Waals surface area contributed by atoms with Gasteiger partial charge in [0.05, 0.1) is 12.6 Å². The number of hydrogen-bond donors (Lipinski definition) is 2. The van der Waals surface area contributed by atoms with E-state index in [-0.39, 0.29) is 18.6 Å². The number of benzene rings is 2. The summed E-state index contributed by atoms with van der Waals surface area (Å²) < 4.78 is 6.64. The van der Waals surface area contributed by atoms with E-state index in [0.717, 1.165) is 30.6 Å². The Labute approximate surface area is 200 Å². The Morgan fingerprint density at radius 2 is 1.85 bits per heavy atom. The molecule has 0 aliphatic heterocycles. The molecule has 3 N–H and O–H groups in total. The second-order valence-corrected chi connectivity index (χ2v) is 8.96. The molecule has 0 amide bonds. The fourth-order valence-electron chi connectivity index (χ4n) is 4.80. The number of tetrazole rings is 1. The molecule has 8 heteroatoms. The third-order valence-electron chi connectivity index (χ3n) is 6.59. The van der Waals surface area contributed by atoms with Crippen molar-refractivity contribution in [3.05, 3.63) is 66.0 Å². The van der Waals surface area contributed by atoms with Crippen LogP contribution < -0.4 is 11.1 Å². The third-order valence-corrected chi connectivity index (χ3v) is 6.59. The van der Waals surface area contributed by atoms with Gasteiger partial charge in [0.15, 0.2) is 5.82 Å². The largest absolute Gasteiger partial charge is 0.465 e. The first-order valence-corrected chi connectivity index (χ1v) is 12.2. The summed E-state index contributed by atoms with van der Waals surface area (Å²) in [4.78, 5) is 12.1. The summed E-state index contributed by atoms with van der Waals surface area (Å²) in [6.07, 6.45) is 4.76. The van der Waals surface area contributed by atoms with Crippen molar-refractivity contribution in [1.82, 2.24) is 25.5 Å². The van der Waals surface area contributed by atoms with E-state index in [1.165, 1.54) is 29.5 Å². The fourth-order valence-corrected chi connectivity index (χ4v) is 4.80. The van der Waals surface area contributed by atoms with Gasteiger partial charge in [0.25, 0.3) is 0 Å². The highest BCUT2D eigenvalue weighted by molar-refractivity contribution is 5.69. The normalized spacial score (nSPS) is 19.0. The lowest BCUT2D eigenvalue weighted by molar-refractivity contribution is -0.144. The van der Waals surface area contributed by atoms with E-state index in [1.807, 2.05) is 18.2 Å². The van der Waals surface area contributed by atoms with Gasteiger partial charge in [0.1, 0.15) is 6.54 Å². The lowest BCUT2D eigenvalue weighted by Gasteiger charge is -2.30. The Morgan fingerprint density at radius 1 is 1.12 bits per heavy atom. The van der Waals surface area contributed by atoms with Crippen molar-refractivity contribution in [2.45, 2.75) is 45.2 Å². The number of carbonyl (C=O) groups excluding carboxylic acids is 1. The molecule has 0 saturated heterocycles. The summed E-state index contributed by atoms with van der Waals surface area (Å²) in [5.41, 5.74) is 9.31. The zero-order valence-electron chi connectivity index (χ0n) is 19.8. The average molecular weight is 463 g/mol. The van der Waals surface area contributed by atoms with Crippen LogP contribution in [0, 0.1) is 11.8 Å². The maximum absolute atomic E-state index is 12.1. The Hall–Kier alpha value is -3.10.